The third kappa shape index (κ3) is 1.50. The van der Waals surface area contributed by atoms with Crippen molar-refractivity contribution in [3.05, 3.63) is 32.9 Å². The Morgan fingerprint density at radius 3 is 3.08 bits per heavy atom. The van der Waals surface area contributed by atoms with E-state index in [0.29, 0.717) is 6.04 Å². The zero-order chi connectivity index (χ0) is 8.55. The molecular formula is C10H12IN. The molecule has 0 fully saturated rings. The van der Waals surface area contributed by atoms with E-state index in [9.17, 15) is 0 Å². The van der Waals surface area contributed by atoms with Gasteiger partial charge in [0.05, 0.1) is 0 Å². The largest absolute Gasteiger partial charge is 0.327 e. The Kier molecular flexibility index (Phi) is 2.37. The molecule has 1 nitrogen and oxygen atoms in total. The Hall–Kier alpha value is -0.0900. The molecule has 0 unspecified atom stereocenters. The Morgan fingerprint density at radius 2 is 2.25 bits per heavy atom. The van der Waals surface area contributed by atoms with Gasteiger partial charge >= 0.3 is 0 Å². The zero-order valence-corrected chi connectivity index (χ0v) is 9.04. The van der Waals surface area contributed by atoms with Crippen LogP contribution in [0.3, 0.4) is 0 Å². The van der Waals surface area contributed by atoms with E-state index in [0.717, 1.165) is 19.3 Å². The first-order valence-electron chi connectivity index (χ1n) is 4.29. The van der Waals surface area contributed by atoms with Gasteiger partial charge in [-0.25, -0.2) is 0 Å². The van der Waals surface area contributed by atoms with Crippen LogP contribution >= 0.6 is 22.6 Å². The minimum atomic E-state index is 0.385. The molecule has 0 spiro atoms. The van der Waals surface area contributed by atoms with E-state index in [1.165, 1.54) is 14.7 Å². The number of halogens is 1. The summed E-state index contributed by atoms with van der Waals surface area (Å²) in [5, 5.41) is 0. The van der Waals surface area contributed by atoms with E-state index >= 15 is 0 Å². The average molecular weight is 273 g/mol. The molecule has 0 aliphatic heterocycles. The second kappa shape index (κ2) is 3.34. The third-order valence-corrected chi connectivity index (χ3v) is 3.47. The fraction of sp³-hybridized carbons (Fsp3) is 0.400. The molecule has 1 aliphatic rings. The first-order chi connectivity index (χ1) is 5.77. The van der Waals surface area contributed by atoms with Gasteiger partial charge in [0, 0.05) is 9.61 Å². The molecule has 1 aromatic rings. The van der Waals surface area contributed by atoms with Crippen molar-refractivity contribution in [1.82, 2.24) is 0 Å². The highest BCUT2D eigenvalue weighted by Crippen LogP contribution is 2.24. The lowest BCUT2D eigenvalue weighted by atomic mass is 9.89. The van der Waals surface area contributed by atoms with Gasteiger partial charge in [-0.15, -0.1) is 0 Å². The van der Waals surface area contributed by atoms with Crippen LogP contribution in [-0.2, 0) is 12.8 Å². The number of rotatable bonds is 0. The molecule has 0 bridgehead atoms. The van der Waals surface area contributed by atoms with Crippen LogP contribution in [0, 0.1) is 3.57 Å². The molecule has 1 aliphatic carbocycles. The van der Waals surface area contributed by atoms with Crippen molar-refractivity contribution in [2.45, 2.75) is 25.3 Å². The second-order valence-corrected chi connectivity index (χ2v) is 4.54. The molecule has 0 saturated carbocycles. The van der Waals surface area contributed by atoms with Gasteiger partial charge in [0.2, 0.25) is 0 Å². The fourth-order valence-electron chi connectivity index (χ4n) is 1.79. The maximum atomic E-state index is 5.90. The number of benzene rings is 1. The molecule has 0 saturated heterocycles. The molecule has 0 heterocycles. The minimum Gasteiger partial charge on any atom is -0.327 e. The first-order valence-corrected chi connectivity index (χ1v) is 5.37. The zero-order valence-electron chi connectivity index (χ0n) is 6.89. The first kappa shape index (κ1) is 8.51. The molecule has 1 atom stereocenters. The normalized spacial score (nSPS) is 22.0. The second-order valence-electron chi connectivity index (χ2n) is 3.38. The van der Waals surface area contributed by atoms with Crippen molar-refractivity contribution < 1.29 is 0 Å². The summed E-state index contributed by atoms with van der Waals surface area (Å²) in [7, 11) is 0. The summed E-state index contributed by atoms with van der Waals surface area (Å²) in [5.74, 6) is 0. The molecule has 1 aromatic carbocycles. The van der Waals surface area contributed by atoms with Gasteiger partial charge in [0.15, 0.2) is 0 Å². The Labute approximate surface area is 86.5 Å². The van der Waals surface area contributed by atoms with Crippen LogP contribution in [0.25, 0.3) is 0 Å². The standard InChI is InChI=1S/C10H12IN/c11-10-3-1-2-7-6-8(12)4-5-9(7)10/h1-3,8H,4-6,12H2/t8-/m0/s1. The Bertz CT molecular complexity index is 296. The third-order valence-electron chi connectivity index (χ3n) is 2.46. The predicted molar refractivity (Wildman–Crippen MR) is 59.2 cm³/mol. The summed E-state index contributed by atoms with van der Waals surface area (Å²) in [6, 6.07) is 6.89. The molecule has 64 valence electrons. The topological polar surface area (TPSA) is 26.0 Å². The summed E-state index contributed by atoms with van der Waals surface area (Å²) >= 11 is 2.41. The molecule has 0 aromatic heterocycles. The van der Waals surface area contributed by atoms with Crippen molar-refractivity contribution in [3.8, 4) is 0 Å². The molecule has 2 N–H and O–H groups in total. The smallest absolute Gasteiger partial charge is 0.0165 e. The lowest BCUT2D eigenvalue weighted by Crippen LogP contribution is -2.28. The molecule has 0 amide bonds. The highest BCUT2D eigenvalue weighted by atomic mass is 127. The summed E-state index contributed by atoms with van der Waals surface area (Å²) in [4.78, 5) is 0. The minimum absolute atomic E-state index is 0.385. The lowest BCUT2D eigenvalue weighted by Gasteiger charge is -2.22. The maximum absolute atomic E-state index is 5.90. The number of nitrogens with two attached hydrogens (primary N) is 1. The van der Waals surface area contributed by atoms with E-state index in [2.05, 4.69) is 40.8 Å². The van der Waals surface area contributed by atoms with E-state index in [4.69, 9.17) is 5.73 Å². The Balaban J connectivity index is 2.42. The maximum Gasteiger partial charge on any atom is 0.0165 e. The molecular weight excluding hydrogens is 261 g/mol. The van der Waals surface area contributed by atoms with Crippen LogP contribution in [0.5, 0.6) is 0 Å². The van der Waals surface area contributed by atoms with E-state index in [1.54, 1.807) is 0 Å². The lowest BCUT2D eigenvalue weighted by molar-refractivity contribution is 0.575. The van der Waals surface area contributed by atoms with Crippen molar-refractivity contribution in [3.63, 3.8) is 0 Å². The SMILES string of the molecule is N[C@H]1CCc2c(I)cccc2C1. The monoisotopic (exact) mass is 273 g/mol. The quantitative estimate of drug-likeness (QED) is 0.720. The van der Waals surface area contributed by atoms with Crippen molar-refractivity contribution in [2.75, 3.05) is 0 Å². The van der Waals surface area contributed by atoms with E-state index < -0.39 is 0 Å². The van der Waals surface area contributed by atoms with Gasteiger partial charge in [0.1, 0.15) is 0 Å². The van der Waals surface area contributed by atoms with Gasteiger partial charge in [-0.3, -0.25) is 0 Å². The van der Waals surface area contributed by atoms with Crippen LogP contribution in [0.4, 0.5) is 0 Å². The summed E-state index contributed by atoms with van der Waals surface area (Å²) in [5.41, 5.74) is 8.88. The van der Waals surface area contributed by atoms with Gasteiger partial charge in [-0.05, 0) is 59.0 Å². The van der Waals surface area contributed by atoms with Gasteiger partial charge in [-0.2, -0.15) is 0 Å². The van der Waals surface area contributed by atoms with Crippen LogP contribution in [0.1, 0.15) is 17.5 Å². The molecule has 0 radical (unpaired) electrons. The van der Waals surface area contributed by atoms with Crippen LogP contribution < -0.4 is 5.73 Å². The van der Waals surface area contributed by atoms with Gasteiger partial charge in [-0.1, -0.05) is 12.1 Å². The molecule has 2 rings (SSSR count). The van der Waals surface area contributed by atoms with Crippen molar-refractivity contribution in [2.24, 2.45) is 5.73 Å². The van der Waals surface area contributed by atoms with Gasteiger partial charge < -0.3 is 5.73 Å². The number of hydrogen-bond acceptors (Lipinski definition) is 1. The summed E-state index contributed by atoms with van der Waals surface area (Å²) < 4.78 is 1.40. The molecule has 12 heavy (non-hydrogen) atoms. The van der Waals surface area contributed by atoms with Crippen LogP contribution in [-0.4, -0.2) is 6.04 Å². The van der Waals surface area contributed by atoms with E-state index in [1.807, 2.05) is 0 Å². The predicted octanol–water partition coefficient (Wildman–Crippen LogP) is 2.11. The van der Waals surface area contributed by atoms with E-state index in [-0.39, 0.29) is 0 Å². The van der Waals surface area contributed by atoms with Crippen LogP contribution in [0.2, 0.25) is 0 Å². The average Bonchev–Trinajstić information content (AvgIpc) is 2.04. The molecule has 2 heteroatoms. The summed E-state index contributed by atoms with van der Waals surface area (Å²) in [6.07, 6.45) is 3.37. The fourth-order valence-corrected chi connectivity index (χ4v) is 2.61. The van der Waals surface area contributed by atoms with Crippen molar-refractivity contribution >= 4 is 22.6 Å². The summed E-state index contributed by atoms with van der Waals surface area (Å²) in [6.45, 7) is 0. The highest BCUT2D eigenvalue weighted by molar-refractivity contribution is 14.1. The van der Waals surface area contributed by atoms with Crippen LogP contribution in [0.15, 0.2) is 18.2 Å². The van der Waals surface area contributed by atoms with Gasteiger partial charge in [0.25, 0.3) is 0 Å². The number of hydrogen-bond donors (Lipinski definition) is 1. The van der Waals surface area contributed by atoms with Crippen molar-refractivity contribution in [1.29, 1.82) is 0 Å². The number of fused-ring (bicyclic) bond motifs is 1. The Morgan fingerprint density at radius 1 is 1.42 bits per heavy atom. The highest BCUT2D eigenvalue weighted by Gasteiger charge is 2.16.